The number of fused-ring (bicyclic) bond motifs is 1. The van der Waals surface area contributed by atoms with Crippen LogP contribution in [-0.4, -0.2) is 46.8 Å². The summed E-state index contributed by atoms with van der Waals surface area (Å²) in [5.41, 5.74) is 10.7. The van der Waals surface area contributed by atoms with E-state index in [9.17, 15) is 9.18 Å². The van der Waals surface area contributed by atoms with Gasteiger partial charge >= 0.3 is 5.97 Å². The van der Waals surface area contributed by atoms with Gasteiger partial charge in [-0.05, 0) is 47.7 Å². The van der Waals surface area contributed by atoms with Crippen molar-refractivity contribution in [3.8, 4) is 22.5 Å². The molecule has 0 bridgehead atoms. The van der Waals surface area contributed by atoms with E-state index in [1.54, 1.807) is 35.5 Å². The lowest BCUT2D eigenvalue weighted by Gasteiger charge is -2.29. The minimum Gasteiger partial charge on any atom is -0.479 e. The molecule has 0 aromatic carbocycles. The van der Waals surface area contributed by atoms with Crippen molar-refractivity contribution in [1.82, 2.24) is 29.5 Å². The third-order valence-electron chi connectivity index (χ3n) is 6.36. The highest BCUT2D eigenvalue weighted by atomic mass is 79.9. The van der Waals surface area contributed by atoms with Gasteiger partial charge in [0.15, 0.2) is 11.8 Å². The lowest BCUT2D eigenvalue weighted by atomic mass is 9.78. The number of rotatable bonds is 5. The quantitative estimate of drug-likeness (QED) is 0.394. The van der Waals surface area contributed by atoms with Gasteiger partial charge in [-0.15, -0.1) is 0 Å². The third-order valence-corrected chi connectivity index (χ3v) is 7.17. The summed E-state index contributed by atoms with van der Waals surface area (Å²) in [4.78, 5) is 28.8. The SMILES string of the molecule is Nc1c(Br)c([C@H]2CC[C@@H](C(F)C(=O)O)CC2)nc2c(-c3ccc(-c4cnccn4)nc3)cnn12. The molecular weight excluding hydrogens is 505 g/mol. The number of aliphatic carboxylic acids is 1. The predicted molar refractivity (Wildman–Crippen MR) is 127 cm³/mol. The first-order chi connectivity index (χ1) is 16.4. The van der Waals surface area contributed by atoms with E-state index >= 15 is 0 Å². The summed E-state index contributed by atoms with van der Waals surface area (Å²) in [6, 6.07) is 3.79. The molecule has 1 unspecified atom stereocenters. The number of nitrogen functional groups attached to an aromatic ring is 1. The number of hydrogen-bond acceptors (Lipinski definition) is 7. The monoisotopic (exact) mass is 525 g/mol. The van der Waals surface area contributed by atoms with Crippen LogP contribution in [0.3, 0.4) is 0 Å². The molecule has 11 heteroatoms. The third kappa shape index (κ3) is 4.00. The maximum absolute atomic E-state index is 14.0. The Bertz CT molecular complexity index is 1340. The maximum Gasteiger partial charge on any atom is 0.338 e. The van der Waals surface area contributed by atoms with E-state index in [0.717, 1.165) is 16.8 Å². The fraction of sp³-hybridized carbons (Fsp3) is 0.304. The fourth-order valence-electron chi connectivity index (χ4n) is 4.51. The van der Waals surface area contributed by atoms with E-state index < -0.39 is 18.1 Å². The van der Waals surface area contributed by atoms with Gasteiger partial charge in [0.1, 0.15) is 11.5 Å². The minimum absolute atomic E-state index is 0.0406. The van der Waals surface area contributed by atoms with Crippen molar-refractivity contribution < 1.29 is 14.3 Å². The number of anilines is 1. The number of nitrogens with two attached hydrogens (primary N) is 1. The Kier molecular flexibility index (Phi) is 5.94. The van der Waals surface area contributed by atoms with Crippen LogP contribution < -0.4 is 5.73 Å². The molecule has 0 saturated heterocycles. The summed E-state index contributed by atoms with van der Waals surface area (Å²) in [6.45, 7) is 0. The number of alkyl halides is 1. The van der Waals surface area contributed by atoms with E-state index in [1.165, 1.54) is 0 Å². The van der Waals surface area contributed by atoms with E-state index in [4.69, 9.17) is 15.8 Å². The molecule has 1 saturated carbocycles. The van der Waals surface area contributed by atoms with E-state index in [1.807, 2.05) is 12.1 Å². The van der Waals surface area contributed by atoms with Crippen molar-refractivity contribution in [2.24, 2.45) is 5.92 Å². The number of carbonyl (C=O) groups is 1. The molecule has 174 valence electrons. The smallest absolute Gasteiger partial charge is 0.338 e. The molecule has 0 spiro atoms. The Balaban J connectivity index is 1.46. The average molecular weight is 526 g/mol. The molecule has 1 fully saturated rings. The Labute approximate surface area is 202 Å². The number of halogens is 2. The number of carboxylic acid groups (broad SMARTS) is 1. The molecule has 4 aromatic heterocycles. The van der Waals surface area contributed by atoms with Gasteiger partial charge in [0.25, 0.3) is 0 Å². The fourth-order valence-corrected chi connectivity index (χ4v) is 5.09. The van der Waals surface area contributed by atoms with Gasteiger partial charge in [0.05, 0.1) is 28.3 Å². The highest BCUT2D eigenvalue weighted by Crippen LogP contribution is 2.41. The lowest BCUT2D eigenvalue weighted by molar-refractivity contribution is -0.145. The molecule has 0 radical (unpaired) electrons. The standard InChI is InChI=1S/C23H21BrFN7O2/c24-18-20(13-3-1-12(2-4-13)19(25)23(33)34)31-22-15(10-30-32(22)21(18)26)14-5-6-16(29-9-14)17-11-27-7-8-28-17/h5-13,19H,1-4,26H2,(H,33,34)/t12-,13+,19?. The normalized spacial score (nSPS) is 19.2. The number of pyridine rings is 1. The highest BCUT2D eigenvalue weighted by Gasteiger charge is 2.34. The van der Waals surface area contributed by atoms with Crippen molar-refractivity contribution >= 4 is 33.4 Å². The highest BCUT2D eigenvalue weighted by molar-refractivity contribution is 9.10. The number of nitrogens with zero attached hydrogens (tertiary/aromatic N) is 6. The second-order valence-corrected chi connectivity index (χ2v) is 9.16. The topological polar surface area (TPSA) is 132 Å². The van der Waals surface area contributed by atoms with Crippen LogP contribution >= 0.6 is 15.9 Å². The van der Waals surface area contributed by atoms with Gasteiger partial charge in [-0.1, -0.05) is 6.07 Å². The Hall–Kier alpha value is -3.47. The van der Waals surface area contributed by atoms with E-state index in [2.05, 4.69) is 36.0 Å². The first kappa shape index (κ1) is 22.3. The first-order valence-electron chi connectivity index (χ1n) is 10.9. The summed E-state index contributed by atoms with van der Waals surface area (Å²) in [5.74, 6) is -1.40. The summed E-state index contributed by atoms with van der Waals surface area (Å²) >= 11 is 3.56. The molecule has 4 aromatic rings. The van der Waals surface area contributed by atoms with Gasteiger partial charge in [-0.2, -0.15) is 9.61 Å². The molecule has 0 aliphatic heterocycles. The van der Waals surface area contributed by atoms with Gasteiger partial charge in [-0.25, -0.2) is 14.2 Å². The van der Waals surface area contributed by atoms with Crippen LogP contribution in [0, 0.1) is 5.92 Å². The van der Waals surface area contributed by atoms with Crippen LogP contribution in [0.15, 0.2) is 47.6 Å². The van der Waals surface area contributed by atoms with Gasteiger partial charge in [-0.3, -0.25) is 15.0 Å². The van der Waals surface area contributed by atoms with Crippen LogP contribution in [0.4, 0.5) is 10.2 Å². The molecular formula is C23H21BrFN7O2. The summed E-state index contributed by atoms with van der Waals surface area (Å²) in [6.07, 6.45) is 8.72. The zero-order valence-electron chi connectivity index (χ0n) is 18.0. The molecule has 4 heterocycles. The molecule has 5 rings (SSSR count). The van der Waals surface area contributed by atoms with Crippen LogP contribution in [0.25, 0.3) is 28.2 Å². The van der Waals surface area contributed by atoms with Crippen molar-refractivity contribution in [2.45, 2.75) is 37.8 Å². The second-order valence-electron chi connectivity index (χ2n) is 8.36. The second kappa shape index (κ2) is 9.05. The Morgan fingerprint density at radius 1 is 1.12 bits per heavy atom. The zero-order chi connectivity index (χ0) is 23.8. The zero-order valence-corrected chi connectivity index (χ0v) is 19.6. The van der Waals surface area contributed by atoms with Crippen molar-refractivity contribution in [2.75, 3.05) is 5.73 Å². The molecule has 3 N–H and O–H groups in total. The summed E-state index contributed by atoms with van der Waals surface area (Å²) in [7, 11) is 0. The van der Waals surface area contributed by atoms with Crippen molar-refractivity contribution in [3.05, 3.63) is 53.3 Å². The number of carboxylic acids is 1. The number of aromatic nitrogens is 6. The lowest BCUT2D eigenvalue weighted by Crippen LogP contribution is -2.28. The first-order valence-corrected chi connectivity index (χ1v) is 11.7. The van der Waals surface area contributed by atoms with Gasteiger partial charge < -0.3 is 10.8 Å². The van der Waals surface area contributed by atoms with Crippen molar-refractivity contribution in [3.63, 3.8) is 0 Å². The Morgan fingerprint density at radius 2 is 1.91 bits per heavy atom. The minimum atomic E-state index is -1.83. The molecule has 9 nitrogen and oxygen atoms in total. The Morgan fingerprint density at radius 3 is 2.56 bits per heavy atom. The predicted octanol–water partition coefficient (Wildman–Crippen LogP) is 4.29. The van der Waals surface area contributed by atoms with Gasteiger partial charge in [0.2, 0.25) is 0 Å². The molecule has 0 amide bonds. The summed E-state index contributed by atoms with van der Waals surface area (Å²) < 4.78 is 16.2. The van der Waals surface area contributed by atoms with E-state index in [0.29, 0.717) is 53.0 Å². The largest absolute Gasteiger partial charge is 0.479 e. The maximum atomic E-state index is 14.0. The van der Waals surface area contributed by atoms with Crippen LogP contribution in [0.2, 0.25) is 0 Å². The molecule has 1 aliphatic rings. The molecule has 1 aliphatic carbocycles. The summed E-state index contributed by atoms with van der Waals surface area (Å²) in [5, 5.41) is 13.4. The average Bonchev–Trinajstić information content (AvgIpc) is 3.30. The van der Waals surface area contributed by atoms with Crippen molar-refractivity contribution in [1.29, 1.82) is 0 Å². The van der Waals surface area contributed by atoms with Crippen LogP contribution in [0.5, 0.6) is 0 Å². The van der Waals surface area contributed by atoms with Gasteiger partial charge in [0, 0.05) is 41.6 Å². The van der Waals surface area contributed by atoms with Crippen LogP contribution in [0.1, 0.15) is 37.3 Å². The molecule has 34 heavy (non-hydrogen) atoms. The number of hydrogen-bond donors (Lipinski definition) is 2. The van der Waals surface area contributed by atoms with E-state index in [-0.39, 0.29) is 5.92 Å². The molecule has 1 atom stereocenters. The van der Waals surface area contributed by atoms with Crippen LogP contribution in [-0.2, 0) is 4.79 Å².